The minimum Gasteiger partial charge on any atom is -0.477 e. The standard InChI is InChI=1S/C16H17N5O8S/c1-7-10(21(27)28)3-17-19(7)4-11(23)18-12-14(24)20-13(16(25)26)9(5-29-8(2)22)6-30-15(12)20/h3,12,15H,4-6H2,1-2H3,(H,18,23)(H,25,26)/t12-,15+/m0/s1. The van der Waals surface area contributed by atoms with Gasteiger partial charge in [-0.3, -0.25) is 34.1 Å². The number of esters is 1. The molecule has 14 heteroatoms. The van der Waals surface area contributed by atoms with Crippen molar-refractivity contribution >= 4 is 41.2 Å². The first kappa shape index (κ1) is 21.3. The van der Waals surface area contributed by atoms with Gasteiger partial charge in [0.2, 0.25) is 5.91 Å². The van der Waals surface area contributed by atoms with Gasteiger partial charge in [0, 0.05) is 18.2 Å². The van der Waals surface area contributed by atoms with Crippen molar-refractivity contribution in [3.05, 3.63) is 33.3 Å². The third kappa shape index (κ3) is 3.85. The van der Waals surface area contributed by atoms with Crippen LogP contribution in [0.4, 0.5) is 5.69 Å². The van der Waals surface area contributed by atoms with E-state index < -0.39 is 40.1 Å². The number of aromatic nitrogens is 2. The number of amides is 2. The fraction of sp³-hybridized carbons (Fsp3) is 0.438. The summed E-state index contributed by atoms with van der Waals surface area (Å²) in [4.78, 5) is 58.8. The molecule has 2 atom stereocenters. The van der Waals surface area contributed by atoms with Crippen LogP contribution in [0.2, 0.25) is 0 Å². The summed E-state index contributed by atoms with van der Waals surface area (Å²) in [6.07, 6.45) is 1.03. The Hall–Kier alpha value is -3.42. The molecule has 2 aliphatic rings. The van der Waals surface area contributed by atoms with Crippen LogP contribution in [0.25, 0.3) is 0 Å². The van der Waals surface area contributed by atoms with E-state index in [1.165, 1.54) is 25.6 Å². The Labute approximate surface area is 173 Å². The van der Waals surface area contributed by atoms with E-state index in [-0.39, 0.29) is 41.6 Å². The van der Waals surface area contributed by atoms with Crippen molar-refractivity contribution < 1.29 is 33.9 Å². The maximum Gasteiger partial charge on any atom is 0.352 e. The molecule has 30 heavy (non-hydrogen) atoms. The van der Waals surface area contributed by atoms with Crippen molar-refractivity contribution in [2.24, 2.45) is 0 Å². The van der Waals surface area contributed by atoms with Gasteiger partial charge < -0.3 is 15.2 Å². The molecular weight excluding hydrogens is 422 g/mol. The number of carbonyl (C=O) groups is 4. The van der Waals surface area contributed by atoms with Crippen LogP contribution in [0, 0.1) is 17.0 Å². The molecule has 2 aliphatic heterocycles. The number of β-lactam (4-membered cyclic amide) rings is 1. The molecule has 1 fully saturated rings. The minimum absolute atomic E-state index is 0.190. The molecule has 0 bridgehead atoms. The Kier molecular flexibility index (Phi) is 5.78. The number of nitrogens with one attached hydrogen (secondary N) is 1. The van der Waals surface area contributed by atoms with Crippen LogP contribution >= 0.6 is 11.8 Å². The summed E-state index contributed by atoms with van der Waals surface area (Å²) in [5, 5.41) is 26.1. The molecule has 1 aromatic heterocycles. The average Bonchev–Trinajstić information content (AvgIpc) is 3.03. The maximum atomic E-state index is 12.5. The smallest absolute Gasteiger partial charge is 0.352 e. The number of fused-ring (bicyclic) bond motifs is 1. The second-order valence-electron chi connectivity index (χ2n) is 6.52. The van der Waals surface area contributed by atoms with E-state index in [0.29, 0.717) is 0 Å². The van der Waals surface area contributed by atoms with E-state index in [1.807, 2.05) is 0 Å². The Morgan fingerprint density at radius 3 is 2.73 bits per heavy atom. The number of hydrogen-bond acceptors (Lipinski definition) is 9. The summed E-state index contributed by atoms with van der Waals surface area (Å²) < 4.78 is 5.99. The molecule has 0 radical (unpaired) electrons. The first-order chi connectivity index (χ1) is 14.1. The average molecular weight is 439 g/mol. The number of thioether (sulfide) groups is 1. The van der Waals surface area contributed by atoms with E-state index in [0.717, 1.165) is 15.8 Å². The highest BCUT2D eigenvalue weighted by Gasteiger charge is 2.54. The third-order valence-corrected chi connectivity index (χ3v) is 5.92. The molecule has 0 spiro atoms. The summed E-state index contributed by atoms with van der Waals surface area (Å²) in [6.45, 7) is 2.06. The van der Waals surface area contributed by atoms with Crippen LogP contribution in [-0.4, -0.2) is 72.2 Å². The molecule has 0 aromatic carbocycles. The topological polar surface area (TPSA) is 174 Å². The number of aliphatic carboxylic acids is 1. The first-order valence-corrected chi connectivity index (χ1v) is 9.66. The lowest BCUT2D eigenvalue weighted by atomic mass is 10.0. The molecule has 3 heterocycles. The Balaban J connectivity index is 1.69. The predicted octanol–water partition coefficient (Wildman–Crippen LogP) is -0.599. The molecule has 1 aromatic rings. The highest BCUT2D eigenvalue weighted by atomic mass is 32.2. The maximum absolute atomic E-state index is 12.5. The predicted molar refractivity (Wildman–Crippen MR) is 99.9 cm³/mol. The Morgan fingerprint density at radius 2 is 2.17 bits per heavy atom. The van der Waals surface area contributed by atoms with Crippen LogP contribution in [0.3, 0.4) is 0 Å². The van der Waals surface area contributed by atoms with E-state index in [2.05, 4.69) is 10.4 Å². The first-order valence-electron chi connectivity index (χ1n) is 8.61. The second kappa shape index (κ2) is 8.14. The summed E-state index contributed by atoms with van der Waals surface area (Å²) >= 11 is 1.23. The van der Waals surface area contributed by atoms with Gasteiger partial charge in [0.15, 0.2) is 0 Å². The molecule has 1 saturated heterocycles. The van der Waals surface area contributed by atoms with E-state index in [4.69, 9.17) is 4.74 Å². The molecule has 13 nitrogen and oxygen atoms in total. The van der Waals surface area contributed by atoms with Crippen molar-refractivity contribution in [3.63, 3.8) is 0 Å². The summed E-state index contributed by atoms with van der Waals surface area (Å²) in [5.41, 5.74) is -0.00589. The molecule has 3 rings (SSSR count). The van der Waals surface area contributed by atoms with E-state index in [9.17, 15) is 34.4 Å². The van der Waals surface area contributed by atoms with Gasteiger partial charge in [0.1, 0.15) is 42.2 Å². The van der Waals surface area contributed by atoms with Gasteiger partial charge in [-0.2, -0.15) is 5.10 Å². The van der Waals surface area contributed by atoms with Gasteiger partial charge in [-0.15, -0.1) is 11.8 Å². The highest BCUT2D eigenvalue weighted by molar-refractivity contribution is 8.00. The lowest BCUT2D eigenvalue weighted by Gasteiger charge is -2.49. The van der Waals surface area contributed by atoms with Gasteiger partial charge >= 0.3 is 17.6 Å². The summed E-state index contributed by atoms with van der Waals surface area (Å²) in [5.74, 6) is -2.91. The number of nitrogens with zero attached hydrogens (tertiary/aromatic N) is 4. The molecule has 2 N–H and O–H groups in total. The Bertz CT molecular complexity index is 986. The highest BCUT2D eigenvalue weighted by Crippen LogP contribution is 2.40. The minimum atomic E-state index is -1.33. The van der Waals surface area contributed by atoms with Gasteiger partial charge in [0.05, 0.1) is 4.92 Å². The number of ether oxygens (including phenoxy) is 1. The molecule has 0 saturated carbocycles. The zero-order chi connectivity index (χ0) is 22.2. The Morgan fingerprint density at radius 1 is 1.47 bits per heavy atom. The van der Waals surface area contributed by atoms with Crippen molar-refractivity contribution in [2.45, 2.75) is 31.8 Å². The zero-order valence-electron chi connectivity index (χ0n) is 15.9. The van der Waals surface area contributed by atoms with E-state index >= 15 is 0 Å². The quantitative estimate of drug-likeness (QED) is 0.242. The molecule has 2 amide bonds. The van der Waals surface area contributed by atoms with E-state index in [1.54, 1.807) is 0 Å². The summed E-state index contributed by atoms with van der Waals surface area (Å²) in [7, 11) is 0. The van der Waals surface area contributed by atoms with Crippen molar-refractivity contribution in [1.29, 1.82) is 0 Å². The second-order valence-corrected chi connectivity index (χ2v) is 7.63. The van der Waals surface area contributed by atoms with Crippen molar-refractivity contribution in [3.8, 4) is 0 Å². The van der Waals surface area contributed by atoms with Gasteiger partial charge in [0.25, 0.3) is 5.91 Å². The zero-order valence-corrected chi connectivity index (χ0v) is 16.7. The lowest BCUT2D eigenvalue weighted by Crippen LogP contribution is -2.70. The van der Waals surface area contributed by atoms with Crippen molar-refractivity contribution in [2.75, 3.05) is 12.4 Å². The van der Waals surface area contributed by atoms with Crippen molar-refractivity contribution in [1.82, 2.24) is 20.0 Å². The van der Waals surface area contributed by atoms with Crippen LogP contribution in [0.5, 0.6) is 0 Å². The van der Waals surface area contributed by atoms with Crippen LogP contribution < -0.4 is 5.32 Å². The van der Waals surface area contributed by atoms with Crippen LogP contribution in [0.1, 0.15) is 12.6 Å². The van der Waals surface area contributed by atoms with Crippen LogP contribution in [0.15, 0.2) is 17.5 Å². The fourth-order valence-corrected chi connectivity index (χ4v) is 4.44. The molecule has 160 valence electrons. The van der Waals surface area contributed by atoms with Gasteiger partial charge in [-0.25, -0.2) is 4.79 Å². The van der Waals surface area contributed by atoms with Gasteiger partial charge in [-0.05, 0) is 6.92 Å². The normalized spacial score (nSPS) is 20.3. The molecule has 0 unspecified atom stereocenters. The number of hydrogen-bond donors (Lipinski definition) is 2. The number of carbonyl (C=O) groups excluding carboxylic acids is 3. The summed E-state index contributed by atoms with van der Waals surface area (Å²) in [6, 6.07) is -0.946. The molecular formula is C16H17N5O8S. The number of rotatable bonds is 7. The largest absolute Gasteiger partial charge is 0.477 e. The molecule has 0 aliphatic carbocycles. The number of nitro groups is 1. The number of carboxylic acids is 1. The monoisotopic (exact) mass is 439 g/mol. The van der Waals surface area contributed by atoms with Crippen LogP contribution in [-0.2, 0) is 30.5 Å². The lowest BCUT2D eigenvalue weighted by molar-refractivity contribution is -0.385. The third-order valence-electron chi connectivity index (χ3n) is 4.58. The fourth-order valence-electron chi connectivity index (χ4n) is 3.11. The van der Waals surface area contributed by atoms with Gasteiger partial charge in [-0.1, -0.05) is 0 Å². The SMILES string of the molecule is CC(=O)OCC1=C(C(=O)O)N2C(=O)[C@H](NC(=O)Cn3ncc([N+](=O)[O-])c3C)[C@H]2SC1. The number of carboxylic acid groups (broad SMARTS) is 1.